The number of pyridine rings is 1. The number of fused-ring (bicyclic) bond motifs is 2. The van der Waals surface area contributed by atoms with Crippen LogP contribution in [0.5, 0.6) is 0 Å². The third kappa shape index (κ3) is 2.42. The van der Waals surface area contributed by atoms with Crippen molar-refractivity contribution in [2.75, 3.05) is 0 Å². The molecule has 0 atom stereocenters. The molecule has 0 bridgehead atoms. The molecule has 2 aromatic heterocycles. The van der Waals surface area contributed by atoms with Crippen LogP contribution in [0.4, 0.5) is 0 Å². The number of nitrogens with one attached hydrogen (secondary N) is 1. The van der Waals surface area contributed by atoms with Gasteiger partial charge in [0.15, 0.2) is 0 Å². The number of H-pyrrole nitrogens is 1. The molecule has 9 heteroatoms. The van der Waals surface area contributed by atoms with Gasteiger partial charge in [-0.05, 0) is 30.3 Å². The van der Waals surface area contributed by atoms with Crippen LogP contribution >= 0.6 is 11.6 Å². The summed E-state index contributed by atoms with van der Waals surface area (Å²) in [4.78, 5) is 31.3. The van der Waals surface area contributed by atoms with E-state index in [0.717, 1.165) is 0 Å². The van der Waals surface area contributed by atoms with E-state index in [0.29, 0.717) is 10.4 Å². The first-order chi connectivity index (χ1) is 12.4. The van der Waals surface area contributed by atoms with Gasteiger partial charge in [-0.2, -0.15) is 0 Å². The zero-order chi connectivity index (χ0) is 18.5. The highest BCUT2D eigenvalue weighted by molar-refractivity contribution is 7.90. The second-order valence-electron chi connectivity index (χ2n) is 5.53. The molecule has 0 amide bonds. The van der Waals surface area contributed by atoms with Crippen molar-refractivity contribution in [1.82, 2.24) is 13.9 Å². The van der Waals surface area contributed by atoms with E-state index >= 15 is 0 Å². The number of hydrogen-bond acceptors (Lipinski definition) is 5. The van der Waals surface area contributed by atoms with Gasteiger partial charge in [-0.3, -0.25) is 9.78 Å². The van der Waals surface area contributed by atoms with Crippen LogP contribution in [0.2, 0.25) is 5.02 Å². The third-order valence-electron chi connectivity index (χ3n) is 3.94. The first kappa shape index (κ1) is 16.5. The lowest BCUT2D eigenvalue weighted by molar-refractivity contribution is 0.583. The first-order valence-electron chi connectivity index (χ1n) is 7.43. The van der Waals surface area contributed by atoms with Crippen LogP contribution < -0.4 is 11.2 Å². The molecular formula is C17H10ClN3O4S. The van der Waals surface area contributed by atoms with Crippen molar-refractivity contribution in [2.45, 2.75) is 4.90 Å². The van der Waals surface area contributed by atoms with E-state index in [2.05, 4.69) is 9.97 Å². The van der Waals surface area contributed by atoms with Crippen molar-refractivity contribution in [3.8, 4) is 0 Å². The van der Waals surface area contributed by atoms with Crippen LogP contribution in [0.1, 0.15) is 0 Å². The van der Waals surface area contributed by atoms with Crippen molar-refractivity contribution >= 4 is 43.4 Å². The van der Waals surface area contributed by atoms with Crippen molar-refractivity contribution in [1.29, 1.82) is 0 Å². The summed E-state index contributed by atoms with van der Waals surface area (Å²) in [6, 6.07) is 12.1. The van der Waals surface area contributed by atoms with Crippen molar-refractivity contribution in [3.63, 3.8) is 0 Å². The van der Waals surface area contributed by atoms with Gasteiger partial charge in [0.2, 0.25) is 0 Å². The minimum Gasteiger partial charge on any atom is -0.306 e. The van der Waals surface area contributed by atoms with Crippen LogP contribution in [0.3, 0.4) is 0 Å². The molecule has 0 aliphatic rings. The molecule has 4 rings (SSSR count). The predicted molar refractivity (Wildman–Crippen MR) is 98.2 cm³/mol. The molecule has 0 radical (unpaired) electrons. The Bertz CT molecular complexity index is 1400. The fourth-order valence-corrected chi connectivity index (χ4v) is 4.39. The summed E-state index contributed by atoms with van der Waals surface area (Å²) in [7, 11) is -4.46. The summed E-state index contributed by atoms with van der Waals surface area (Å²) in [5.41, 5.74) is -1.68. The van der Waals surface area contributed by atoms with Gasteiger partial charge in [0.25, 0.3) is 15.6 Å². The molecule has 2 aromatic carbocycles. The minimum absolute atomic E-state index is 0.0331. The highest BCUT2D eigenvalue weighted by Gasteiger charge is 2.25. The molecule has 0 aliphatic carbocycles. The van der Waals surface area contributed by atoms with Gasteiger partial charge in [-0.25, -0.2) is 13.2 Å². The number of nitrogens with zero attached hydrogens (tertiary/aromatic N) is 2. The lowest BCUT2D eigenvalue weighted by Crippen LogP contribution is -2.40. The second-order valence-corrected chi connectivity index (χ2v) is 7.72. The number of aromatic nitrogens is 3. The number of rotatable bonds is 2. The molecule has 26 heavy (non-hydrogen) atoms. The minimum atomic E-state index is -4.46. The second kappa shape index (κ2) is 5.79. The van der Waals surface area contributed by atoms with Gasteiger partial charge < -0.3 is 4.98 Å². The average molecular weight is 388 g/mol. The predicted octanol–water partition coefficient (Wildman–Crippen LogP) is 2.13. The molecule has 0 unspecified atom stereocenters. The van der Waals surface area contributed by atoms with Crippen LogP contribution in [0, 0.1) is 0 Å². The average Bonchev–Trinajstić information content (AvgIpc) is 2.60. The first-order valence-corrected chi connectivity index (χ1v) is 9.25. The van der Waals surface area contributed by atoms with Gasteiger partial charge in [0.1, 0.15) is 4.90 Å². The summed E-state index contributed by atoms with van der Waals surface area (Å²) in [5.74, 6) is 0. The number of halogens is 1. The Hall–Kier alpha value is -2.97. The SMILES string of the molecule is O=c1[nH]c2cc(Cl)ccc2c(=O)n1S(=O)(=O)c1cccc2cccnc12. The zero-order valence-corrected chi connectivity index (χ0v) is 14.6. The van der Waals surface area contributed by atoms with E-state index in [4.69, 9.17) is 11.6 Å². The molecule has 0 aliphatic heterocycles. The maximum Gasteiger partial charge on any atom is 0.343 e. The molecule has 0 saturated heterocycles. The Morgan fingerprint density at radius 2 is 1.81 bits per heavy atom. The normalized spacial score (nSPS) is 11.9. The van der Waals surface area contributed by atoms with Crippen molar-refractivity contribution < 1.29 is 8.42 Å². The van der Waals surface area contributed by atoms with E-state index in [-0.39, 0.29) is 25.3 Å². The Balaban J connectivity index is 2.10. The molecule has 7 nitrogen and oxygen atoms in total. The van der Waals surface area contributed by atoms with Gasteiger partial charge in [-0.15, -0.1) is 3.97 Å². The monoisotopic (exact) mass is 387 g/mol. The molecule has 0 spiro atoms. The molecule has 130 valence electrons. The topological polar surface area (TPSA) is 102 Å². The molecule has 0 saturated carbocycles. The van der Waals surface area contributed by atoms with Gasteiger partial charge in [-0.1, -0.05) is 29.8 Å². The zero-order valence-electron chi connectivity index (χ0n) is 13.0. The molecule has 4 aromatic rings. The third-order valence-corrected chi connectivity index (χ3v) is 5.87. The van der Waals surface area contributed by atoms with Crippen molar-refractivity contribution in [3.05, 3.63) is 80.6 Å². The number of aromatic amines is 1. The molecule has 0 fully saturated rings. The van der Waals surface area contributed by atoms with Crippen LogP contribution in [-0.4, -0.2) is 22.4 Å². The summed E-state index contributed by atoms with van der Waals surface area (Å²) >= 11 is 5.86. The maximum absolute atomic E-state index is 13.1. The van der Waals surface area contributed by atoms with E-state index in [9.17, 15) is 18.0 Å². The fraction of sp³-hybridized carbons (Fsp3) is 0. The highest BCUT2D eigenvalue weighted by atomic mass is 35.5. The smallest absolute Gasteiger partial charge is 0.306 e. The highest BCUT2D eigenvalue weighted by Crippen LogP contribution is 2.22. The summed E-state index contributed by atoms with van der Waals surface area (Å²) < 4.78 is 26.4. The van der Waals surface area contributed by atoms with Gasteiger partial charge >= 0.3 is 5.69 Å². The van der Waals surface area contributed by atoms with Crippen molar-refractivity contribution in [2.24, 2.45) is 0 Å². The Kier molecular flexibility index (Phi) is 3.67. The van der Waals surface area contributed by atoms with E-state index in [1.165, 1.54) is 36.5 Å². The molecule has 1 N–H and O–H groups in total. The Morgan fingerprint density at radius 1 is 1.04 bits per heavy atom. The van der Waals surface area contributed by atoms with Crippen LogP contribution in [0.25, 0.3) is 21.8 Å². The number of para-hydroxylation sites is 1. The fourth-order valence-electron chi connectivity index (χ4n) is 2.78. The van der Waals surface area contributed by atoms with Crippen LogP contribution in [0.15, 0.2) is 69.2 Å². The number of hydrogen-bond donors (Lipinski definition) is 1. The van der Waals surface area contributed by atoms with E-state index < -0.39 is 21.3 Å². The largest absolute Gasteiger partial charge is 0.343 e. The lowest BCUT2D eigenvalue weighted by atomic mass is 10.2. The molecular weight excluding hydrogens is 378 g/mol. The Labute approximate surface area is 151 Å². The van der Waals surface area contributed by atoms with E-state index in [1.807, 2.05) is 0 Å². The van der Waals surface area contributed by atoms with E-state index in [1.54, 1.807) is 18.2 Å². The van der Waals surface area contributed by atoms with Crippen LogP contribution in [-0.2, 0) is 10.0 Å². The summed E-state index contributed by atoms with van der Waals surface area (Å²) in [6.07, 6.45) is 1.44. The number of benzene rings is 2. The standard InChI is InChI=1S/C17H10ClN3O4S/c18-11-6-7-12-13(9-11)20-17(23)21(16(12)22)26(24,25)14-5-1-3-10-4-2-8-19-15(10)14/h1-9H,(H,20,23). The van der Waals surface area contributed by atoms with Gasteiger partial charge in [0, 0.05) is 16.6 Å². The van der Waals surface area contributed by atoms with Gasteiger partial charge in [0.05, 0.1) is 16.4 Å². The lowest BCUT2D eigenvalue weighted by Gasteiger charge is -2.10. The summed E-state index contributed by atoms with van der Waals surface area (Å²) in [5, 5.41) is 0.919. The maximum atomic E-state index is 13.1. The summed E-state index contributed by atoms with van der Waals surface area (Å²) in [6.45, 7) is 0. The Morgan fingerprint density at radius 3 is 2.62 bits per heavy atom. The quantitative estimate of drug-likeness (QED) is 0.567. The molecule has 2 heterocycles.